The number of hydrogen-bond donors (Lipinski definition) is 0. The Morgan fingerprint density at radius 2 is 2.05 bits per heavy atom. The van der Waals surface area contributed by atoms with Gasteiger partial charge in [-0.3, -0.25) is 0 Å². The van der Waals surface area contributed by atoms with Crippen molar-refractivity contribution in [2.24, 2.45) is 0 Å². The fourth-order valence-electron chi connectivity index (χ4n) is 1.67. The smallest absolute Gasteiger partial charge is 0.230 e. The van der Waals surface area contributed by atoms with Crippen LogP contribution < -0.4 is 0 Å². The molecule has 6 heteroatoms. The first-order chi connectivity index (χ1) is 9.08. The Hall–Kier alpha value is -1.14. The fourth-order valence-corrected chi connectivity index (χ4v) is 4.42. The zero-order valence-electron chi connectivity index (χ0n) is 10.8. The van der Waals surface area contributed by atoms with E-state index >= 15 is 0 Å². The molecule has 0 atom stereocenters. The summed E-state index contributed by atoms with van der Waals surface area (Å²) in [5.41, 5.74) is 1.06. The molecule has 0 saturated carbocycles. The molecule has 0 aliphatic carbocycles. The van der Waals surface area contributed by atoms with E-state index in [2.05, 4.69) is 4.90 Å². The van der Waals surface area contributed by atoms with Crippen molar-refractivity contribution < 1.29 is 13.2 Å². The highest BCUT2D eigenvalue weighted by atomic mass is 33.1. The SMILES string of the molecule is Cc1ccc(S(=O)(=O)SCCN2C=COCC2)cc1. The number of benzene rings is 1. The lowest BCUT2D eigenvalue weighted by molar-refractivity contribution is 0.177. The summed E-state index contributed by atoms with van der Waals surface area (Å²) in [6.07, 6.45) is 3.49. The van der Waals surface area contributed by atoms with Gasteiger partial charge in [-0.15, -0.1) is 0 Å². The highest BCUT2D eigenvalue weighted by molar-refractivity contribution is 8.72. The van der Waals surface area contributed by atoms with Crippen molar-refractivity contribution in [1.82, 2.24) is 4.90 Å². The van der Waals surface area contributed by atoms with E-state index in [1.165, 1.54) is 0 Å². The molecule has 0 amide bonds. The van der Waals surface area contributed by atoms with Gasteiger partial charge in [-0.1, -0.05) is 17.7 Å². The molecule has 104 valence electrons. The van der Waals surface area contributed by atoms with E-state index < -0.39 is 8.87 Å². The average Bonchev–Trinajstić information content (AvgIpc) is 2.40. The summed E-state index contributed by atoms with van der Waals surface area (Å²) < 4.78 is 29.3. The second kappa shape index (κ2) is 6.34. The van der Waals surface area contributed by atoms with Gasteiger partial charge in [0.2, 0.25) is 8.87 Å². The van der Waals surface area contributed by atoms with Crippen molar-refractivity contribution in [2.45, 2.75) is 11.8 Å². The Labute approximate surface area is 117 Å². The van der Waals surface area contributed by atoms with E-state index in [0.29, 0.717) is 23.8 Å². The highest BCUT2D eigenvalue weighted by Gasteiger charge is 2.15. The van der Waals surface area contributed by atoms with Crippen molar-refractivity contribution in [3.05, 3.63) is 42.3 Å². The zero-order chi connectivity index (χ0) is 13.7. The van der Waals surface area contributed by atoms with Crippen molar-refractivity contribution in [1.29, 1.82) is 0 Å². The van der Waals surface area contributed by atoms with E-state index in [-0.39, 0.29) is 0 Å². The second-order valence-electron chi connectivity index (χ2n) is 4.28. The maximum Gasteiger partial charge on any atom is 0.230 e. The van der Waals surface area contributed by atoms with Gasteiger partial charge in [0, 0.05) is 18.5 Å². The van der Waals surface area contributed by atoms with Gasteiger partial charge < -0.3 is 9.64 Å². The van der Waals surface area contributed by atoms with Crippen LogP contribution in [-0.2, 0) is 13.6 Å². The Balaban J connectivity index is 1.89. The maximum atomic E-state index is 12.1. The maximum absolute atomic E-state index is 12.1. The largest absolute Gasteiger partial charge is 0.498 e. The quantitative estimate of drug-likeness (QED) is 0.780. The summed E-state index contributed by atoms with van der Waals surface area (Å²) in [7, 11) is -2.26. The van der Waals surface area contributed by atoms with Crippen LogP contribution in [0, 0.1) is 6.92 Å². The summed E-state index contributed by atoms with van der Waals surface area (Å²) in [6.45, 7) is 4.11. The molecule has 0 aromatic heterocycles. The fraction of sp³-hybridized carbons (Fsp3) is 0.385. The molecule has 1 aliphatic heterocycles. The van der Waals surface area contributed by atoms with Crippen molar-refractivity contribution >= 4 is 19.7 Å². The Bertz CT molecular complexity index is 538. The molecular weight excluding hydrogens is 282 g/mol. The summed E-state index contributed by atoms with van der Waals surface area (Å²) >= 11 is 0. The number of rotatable bonds is 5. The summed E-state index contributed by atoms with van der Waals surface area (Å²) in [5, 5.41) is 0. The molecule has 4 nitrogen and oxygen atoms in total. The van der Waals surface area contributed by atoms with Crippen LogP contribution >= 0.6 is 10.8 Å². The van der Waals surface area contributed by atoms with Crippen molar-refractivity contribution in [3.8, 4) is 0 Å². The summed E-state index contributed by atoms with van der Waals surface area (Å²) in [4.78, 5) is 2.43. The third-order valence-electron chi connectivity index (χ3n) is 2.79. The lowest BCUT2D eigenvalue weighted by atomic mass is 10.2. The molecule has 19 heavy (non-hydrogen) atoms. The van der Waals surface area contributed by atoms with Crippen molar-refractivity contribution in [2.75, 3.05) is 25.4 Å². The molecule has 1 aromatic carbocycles. The molecule has 1 aromatic rings. The first-order valence-corrected chi connectivity index (χ1v) is 9.05. The second-order valence-corrected chi connectivity index (χ2v) is 8.33. The first-order valence-electron chi connectivity index (χ1n) is 6.06. The van der Waals surface area contributed by atoms with Crippen LogP contribution in [0.1, 0.15) is 5.56 Å². The third-order valence-corrected chi connectivity index (χ3v) is 6.31. The average molecular weight is 299 g/mol. The zero-order valence-corrected chi connectivity index (χ0v) is 12.4. The van der Waals surface area contributed by atoms with Gasteiger partial charge in [0.25, 0.3) is 0 Å². The van der Waals surface area contributed by atoms with E-state index in [1.54, 1.807) is 18.4 Å². The van der Waals surface area contributed by atoms with Gasteiger partial charge in [0.05, 0.1) is 17.7 Å². The van der Waals surface area contributed by atoms with Crippen LogP contribution in [0.25, 0.3) is 0 Å². The molecule has 0 saturated heterocycles. The Morgan fingerprint density at radius 3 is 2.68 bits per heavy atom. The van der Waals surface area contributed by atoms with Gasteiger partial charge in [-0.25, -0.2) is 8.42 Å². The molecule has 1 aliphatic rings. The van der Waals surface area contributed by atoms with Gasteiger partial charge in [-0.2, -0.15) is 0 Å². The molecule has 1 heterocycles. The number of ether oxygens (including phenoxy) is 1. The van der Waals surface area contributed by atoms with Crippen LogP contribution in [0.15, 0.2) is 41.6 Å². The van der Waals surface area contributed by atoms with Gasteiger partial charge in [0.1, 0.15) is 6.61 Å². The molecule has 0 spiro atoms. The number of hydrogen-bond acceptors (Lipinski definition) is 5. The van der Waals surface area contributed by atoms with E-state index in [9.17, 15) is 8.42 Å². The number of nitrogens with zero attached hydrogens (tertiary/aromatic N) is 1. The normalized spacial score (nSPS) is 15.3. The molecule has 0 N–H and O–H groups in total. The van der Waals surface area contributed by atoms with Crippen molar-refractivity contribution in [3.63, 3.8) is 0 Å². The summed E-state index contributed by atoms with van der Waals surface area (Å²) in [5.74, 6) is 0.542. The molecule has 0 unspecified atom stereocenters. The standard InChI is InChI=1S/C13H17NO3S2/c1-12-2-4-13(5-3-12)19(15,16)18-11-8-14-6-9-17-10-7-14/h2-6,9H,7-8,10-11H2,1H3. The van der Waals surface area contributed by atoms with Crippen LogP contribution in [0.3, 0.4) is 0 Å². The van der Waals surface area contributed by atoms with Crippen LogP contribution in [0.4, 0.5) is 0 Å². The molecule has 0 fully saturated rings. The minimum absolute atomic E-state index is 0.376. The Kier molecular flexibility index (Phi) is 4.76. The minimum Gasteiger partial charge on any atom is -0.498 e. The highest BCUT2D eigenvalue weighted by Crippen LogP contribution is 2.23. The lowest BCUT2D eigenvalue weighted by Gasteiger charge is -2.22. The monoisotopic (exact) mass is 299 g/mol. The Morgan fingerprint density at radius 1 is 1.32 bits per heavy atom. The predicted molar refractivity (Wildman–Crippen MR) is 77.5 cm³/mol. The van der Waals surface area contributed by atoms with Gasteiger partial charge in [0.15, 0.2) is 0 Å². The predicted octanol–water partition coefficient (Wildman–Crippen LogP) is 2.22. The molecular formula is C13H17NO3S2. The van der Waals surface area contributed by atoms with Crippen LogP contribution in [-0.4, -0.2) is 38.8 Å². The third kappa shape index (κ3) is 4.18. The topological polar surface area (TPSA) is 46.6 Å². The molecule has 0 radical (unpaired) electrons. The summed E-state index contributed by atoms with van der Waals surface area (Å²) in [6, 6.07) is 6.95. The van der Waals surface area contributed by atoms with E-state index in [1.807, 2.05) is 25.3 Å². The lowest BCUT2D eigenvalue weighted by Crippen LogP contribution is -2.27. The first kappa shape index (κ1) is 14.3. The molecule has 0 bridgehead atoms. The van der Waals surface area contributed by atoms with Crippen LogP contribution in [0.5, 0.6) is 0 Å². The van der Waals surface area contributed by atoms with E-state index in [0.717, 1.165) is 22.9 Å². The molecule has 2 rings (SSSR count). The van der Waals surface area contributed by atoms with E-state index in [4.69, 9.17) is 4.74 Å². The van der Waals surface area contributed by atoms with Crippen LogP contribution in [0.2, 0.25) is 0 Å². The number of aryl methyl sites for hydroxylation is 1. The van der Waals surface area contributed by atoms with Gasteiger partial charge >= 0.3 is 0 Å². The minimum atomic E-state index is -3.24. The van der Waals surface area contributed by atoms with Gasteiger partial charge in [-0.05, 0) is 29.9 Å².